The number of ether oxygens (including phenoxy) is 2. The first-order chi connectivity index (χ1) is 8.43. The summed E-state index contributed by atoms with van der Waals surface area (Å²) in [4.78, 5) is 0. The zero-order valence-electron chi connectivity index (χ0n) is 11.8. The molecule has 1 unspecified atom stereocenters. The third kappa shape index (κ3) is 3.40. The lowest BCUT2D eigenvalue weighted by Crippen LogP contribution is -2.25. The molecule has 0 fully saturated rings. The van der Waals surface area contributed by atoms with Gasteiger partial charge in [-0.05, 0) is 43.9 Å². The maximum atomic E-state index is 8.98. The van der Waals surface area contributed by atoms with E-state index >= 15 is 0 Å². The molecule has 0 N–H and O–H groups in total. The van der Waals surface area contributed by atoms with E-state index in [2.05, 4.69) is 19.9 Å². The fraction of sp³-hybridized carbons (Fsp3) is 0.533. The SMILES string of the molecule is CCC(C)c1ccc(OC(C)(C)C#N)c(OC)c1. The first-order valence-corrected chi connectivity index (χ1v) is 6.21. The van der Waals surface area contributed by atoms with Crippen LogP contribution in [0.5, 0.6) is 11.5 Å². The van der Waals surface area contributed by atoms with Crippen molar-refractivity contribution in [2.75, 3.05) is 7.11 Å². The van der Waals surface area contributed by atoms with Crippen LogP contribution < -0.4 is 9.47 Å². The summed E-state index contributed by atoms with van der Waals surface area (Å²) in [6, 6.07) is 8.00. The maximum absolute atomic E-state index is 8.98. The number of hydrogen-bond donors (Lipinski definition) is 0. The molecule has 0 bridgehead atoms. The lowest BCUT2D eigenvalue weighted by atomic mass is 9.98. The molecule has 0 aliphatic heterocycles. The highest BCUT2D eigenvalue weighted by Crippen LogP contribution is 2.33. The van der Waals surface area contributed by atoms with Crippen LogP contribution >= 0.6 is 0 Å². The molecular formula is C15H21NO2. The normalized spacial score (nSPS) is 12.7. The largest absolute Gasteiger partial charge is 0.493 e. The van der Waals surface area contributed by atoms with E-state index in [1.54, 1.807) is 21.0 Å². The van der Waals surface area contributed by atoms with E-state index < -0.39 is 5.60 Å². The Balaban J connectivity index is 3.05. The van der Waals surface area contributed by atoms with Crippen molar-refractivity contribution >= 4 is 0 Å². The molecule has 0 spiro atoms. The van der Waals surface area contributed by atoms with Gasteiger partial charge in [-0.25, -0.2) is 0 Å². The molecule has 3 heteroatoms. The molecule has 1 atom stereocenters. The minimum absolute atomic E-state index is 0.483. The van der Waals surface area contributed by atoms with E-state index in [0.29, 0.717) is 17.4 Å². The Labute approximate surface area is 109 Å². The zero-order valence-corrected chi connectivity index (χ0v) is 11.8. The van der Waals surface area contributed by atoms with E-state index in [9.17, 15) is 0 Å². The number of nitrogens with zero attached hydrogens (tertiary/aromatic N) is 1. The molecule has 0 saturated heterocycles. The van der Waals surface area contributed by atoms with Crippen molar-refractivity contribution in [2.45, 2.75) is 45.6 Å². The van der Waals surface area contributed by atoms with Gasteiger partial charge in [-0.15, -0.1) is 0 Å². The Morgan fingerprint density at radius 1 is 1.33 bits per heavy atom. The summed E-state index contributed by atoms with van der Waals surface area (Å²) < 4.78 is 11.0. The van der Waals surface area contributed by atoms with E-state index in [4.69, 9.17) is 14.7 Å². The Hall–Kier alpha value is -1.69. The van der Waals surface area contributed by atoms with Crippen LogP contribution in [-0.2, 0) is 0 Å². The predicted molar refractivity (Wildman–Crippen MR) is 72.0 cm³/mol. The first-order valence-electron chi connectivity index (χ1n) is 6.21. The average Bonchev–Trinajstić information content (AvgIpc) is 2.38. The van der Waals surface area contributed by atoms with Crippen LogP contribution in [0.25, 0.3) is 0 Å². The second-order valence-corrected chi connectivity index (χ2v) is 4.94. The first kappa shape index (κ1) is 14.4. The van der Waals surface area contributed by atoms with Crippen molar-refractivity contribution in [3.8, 4) is 17.6 Å². The quantitative estimate of drug-likeness (QED) is 0.792. The predicted octanol–water partition coefficient (Wildman–Crippen LogP) is 3.89. The van der Waals surface area contributed by atoms with Gasteiger partial charge in [0.1, 0.15) is 6.07 Å². The highest BCUT2D eigenvalue weighted by molar-refractivity contribution is 5.44. The van der Waals surface area contributed by atoms with Crippen molar-refractivity contribution in [2.24, 2.45) is 0 Å². The lowest BCUT2D eigenvalue weighted by molar-refractivity contribution is 0.163. The molecule has 0 aliphatic rings. The van der Waals surface area contributed by atoms with Gasteiger partial charge < -0.3 is 9.47 Å². The monoisotopic (exact) mass is 247 g/mol. The molecule has 0 aromatic heterocycles. The summed E-state index contributed by atoms with van der Waals surface area (Å²) in [6.45, 7) is 7.79. The fourth-order valence-electron chi connectivity index (χ4n) is 1.61. The van der Waals surface area contributed by atoms with Crippen LogP contribution in [-0.4, -0.2) is 12.7 Å². The van der Waals surface area contributed by atoms with Crippen LogP contribution in [0, 0.1) is 11.3 Å². The number of methoxy groups -OCH3 is 1. The zero-order chi connectivity index (χ0) is 13.8. The molecule has 0 aliphatic carbocycles. The molecule has 1 rings (SSSR count). The minimum atomic E-state index is -0.856. The molecule has 0 radical (unpaired) electrons. The molecule has 3 nitrogen and oxygen atoms in total. The summed E-state index contributed by atoms with van der Waals surface area (Å²) in [7, 11) is 1.61. The van der Waals surface area contributed by atoms with Gasteiger partial charge in [-0.3, -0.25) is 0 Å². The molecular weight excluding hydrogens is 226 g/mol. The van der Waals surface area contributed by atoms with Gasteiger partial charge in [0.05, 0.1) is 7.11 Å². The van der Waals surface area contributed by atoms with Crippen LogP contribution in [0.4, 0.5) is 0 Å². The molecule has 1 aromatic rings. The van der Waals surface area contributed by atoms with Gasteiger partial charge in [-0.1, -0.05) is 19.9 Å². The van der Waals surface area contributed by atoms with Gasteiger partial charge in [-0.2, -0.15) is 5.26 Å². The molecule has 0 heterocycles. The fourth-order valence-corrected chi connectivity index (χ4v) is 1.61. The van der Waals surface area contributed by atoms with Gasteiger partial charge in [0.2, 0.25) is 0 Å². The Morgan fingerprint density at radius 2 is 2.00 bits per heavy atom. The molecule has 0 saturated carbocycles. The van der Waals surface area contributed by atoms with Crippen LogP contribution in [0.1, 0.15) is 45.6 Å². The second-order valence-electron chi connectivity index (χ2n) is 4.94. The van der Waals surface area contributed by atoms with Crippen LogP contribution in [0.3, 0.4) is 0 Å². The lowest BCUT2D eigenvalue weighted by Gasteiger charge is -2.21. The van der Waals surface area contributed by atoms with E-state index in [1.807, 2.05) is 18.2 Å². The number of hydrogen-bond acceptors (Lipinski definition) is 3. The summed E-state index contributed by atoms with van der Waals surface area (Å²) in [5.74, 6) is 1.77. The van der Waals surface area contributed by atoms with Crippen molar-refractivity contribution in [1.82, 2.24) is 0 Å². The smallest absolute Gasteiger partial charge is 0.188 e. The van der Waals surface area contributed by atoms with E-state index in [0.717, 1.165) is 6.42 Å². The summed E-state index contributed by atoms with van der Waals surface area (Å²) in [5, 5.41) is 8.98. The standard InChI is InChI=1S/C15H21NO2/c1-6-11(2)12-7-8-13(14(9-12)17-5)18-15(3,4)10-16/h7-9,11H,6H2,1-5H3. The third-order valence-corrected chi connectivity index (χ3v) is 3.00. The summed E-state index contributed by atoms with van der Waals surface area (Å²) >= 11 is 0. The minimum Gasteiger partial charge on any atom is -0.493 e. The van der Waals surface area contributed by atoms with Gasteiger partial charge >= 0.3 is 0 Å². The summed E-state index contributed by atoms with van der Waals surface area (Å²) in [5.41, 5.74) is 0.363. The Morgan fingerprint density at radius 3 is 2.50 bits per heavy atom. The number of rotatable bonds is 5. The molecule has 0 amide bonds. The van der Waals surface area contributed by atoms with Crippen LogP contribution in [0.2, 0.25) is 0 Å². The van der Waals surface area contributed by atoms with Gasteiger partial charge in [0.25, 0.3) is 0 Å². The maximum Gasteiger partial charge on any atom is 0.188 e. The van der Waals surface area contributed by atoms with Crippen molar-refractivity contribution in [3.63, 3.8) is 0 Å². The van der Waals surface area contributed by atoms with Gasteiger partial charge in [0.15, 0.2) is 17.1 Å². The van der Waals surface area contributed by atoms with Gasteiger partial charge in [0, 0.05) is 0 Å². The average molecular weight is 247 g/mol. The van der Waals surface area contributed by atoms with Crippen molar-refractivity contribution in [1.29, 1.82) is 5.26 Å². The highest BCUT2D eigenvalue weighted by atomic mass is 16.5. The number of benzene rings is 1. The Kier molecular flexibility index (Phi) is 4.61. The van der Waals surface area contributed by atoms with Crippen molar-refractivity contribution < 1.29 is 9.47 Å². The van der Waals surface area contributed by atoms with E-state index in [1.165, 1.54) is 5.56 Å². The highest BCUT2D eigenvalue weighted by Gasteiger charge is 2.21. The second kappa shape index (κ2) is 5.77. The molecule has 1 aromatic carbocycles. The van der Waals surface area contributed by atoms with Crippen molar-refractivity contribution in [3.05, 3.63) is 23.8 Å². The third-order valence-electron chi connectivity index (χ3n) is 3.00. The Bertz CT molecular complexity index is 446. The topological polar surface area (TPSA) is 42.2 Å². The summed E-state index contributed by atoms with van der Waals surface area (Å²) in [6.07, 6.45) is 1.08. The van der Waals surface area contributed by atoms with E-state index in [-0.39, 0.29) is 0 Å². The number of nitriles is 1. The molecule has 18 heavy (non-hydrogen) atoms. The molecule has 98 valence electrons. The van der Waals surface area contributed by atoms with Crippen LogP contribution in [0.15, 0.2) is 18.2 Å².